The number of hydrogen-bond donors (Lipinski definition) is 0. The number of hydrogen-bond acceptors (Lipinski definition) is 5. The van der Waals surface area contributed by atoms with Gasteiger partial charge in [-0.05, 0) is 32.3 Å². The van der Waals surface area contributed by atoms with Gasteiger partial charge in [-0.2, -0.15) is 0 Å². The summed E-state index contributed by atoms with van der Waals surface area (Å²) in [5, 5.41) is 0. The van der Waals surface area contributed by atoms with Crippen LogP contribution in [-0.4, -0.2) is 66.7 Å². The molecule has 6 heteroatoms. The Labute approximate surface area is 173 Å². The summed E-state index contributed by atoms with van der Waals surface area (Å²) in [6, 6.07) is 9.49. The SMILES string of the molecule is CCCCOCCCN1C(=O)C(c2ccccc2)=C(N2CC(C)OC(C)C2)C1=O. The van der Waals surface area contributed by atoms with Gasteiger partial charge in [0.15, 0.2) is 0 Å². The van der Waals surface area contributed by atoms with Gasteiger partial charge in [0.25, 0.3) is 11.8 Å². The fourth-order valence-corrected chi connectivity index (χ4v) is 3.96. The average Bonchev–Trinajstić information content (AvgIpc) is 2.95. The predicted molar refractivity (Wildman–Crippen MR) is 112 cm³/mol. The quantitative estimate of drug-likeness (QED) is 0.471. The predicted octanol–water partition coefficient (Wildman–Crippen LogP) is 3.08. The molecule has 2 aliphatic rings. The molecule has 0 spiro atoms. The Morgan fingerprint density at radius 3 is 2.31 bits per heavy atom. The van der Waals surface area contributed by atoms with Gasteiger partial charge in [-0.1, -0.05) is 43.7 Å². The van der Waals surface area contributed by atoms with Gasteiger partial charge < -0.3 is 14.4 Å². The Kier molecular flexibility index (Phi) is 7.45. The van der Waals surface area contributed by atoms with Crippen molar-refractivity contribution in [1.82, 2.24) is 9.80 Å². The van der Waals surface area contributed by atoms with E-state index >= 15 is 0 Å². The molecule has 1 fully saturated rings. The molecule has 1 aromatic rings. The van der Waals surface area contributed by atoms with E-state index in [4.69, 9.17) is 9.47 Å². The smallest absolute Gasteiger partial charge is 0.277 e. The summed E-state index contributed by atoms with van der Waals surface area (Å²) in [5.74, 6) is -0.416. The lowest BCUT2D eigenvalue weighted by molar-refractivity contribution is -0.138. The Morgan fingerprint density at radius 2 is 1.66 bits per heavy atom. The van der Waals surface area contributed by atoms with Crippen molar-refractivity contribution >= 4 is 17.4 Å². The largest absolute Gasteiger partial charge is 0.381 e. The lowest BCUT2D eigenvalue weighted by Gasteiger charge is -2.37. The maximum Gasteiger partial charge on any atom is 0.277 e. The maximum absolute atomic E-state index is 13.3. The summed E-state index contributed by atoms with van der Waals surface area (Å²) < 4.78 is 11.4. The molecule has 0 saturated carbocycles. The summed E-state index contributed by atoms with van der Waals surface area (Å²) in [5.41, 5.74) is 1.80. The average molecular weight is 401 g/mol. The lowest BCUT2D eigenvalue weighted by atomic mass is 10.0. The molecule has 2 atom stereocenters. The summed E-state index contributed by atoms with van der Waals surface area (Å²) in [6.07, 6.45) is 2.78. The van der Waals surface area contributed by atoms with Crippen LogP contribution >= 0.6 is 0 Å². The van der Waals surface area contributed by atoms with E-state index < -0.39 is 0 Å². The zero-order valence-corrected chi connectivity index (χ0v) is 17.7. The number of morpholine rings is 1. The first-order chi connectivity index (χ1) is 14.0. The Balaban J connectivity index is 1.80. The summed E-state index contributed by atoms with van der Waals surface area (Å²) >= 11 is 0. The minimum Gasteiger partial charge on any atom is -0.381 e. The van der Waals surface area contributed by atoms with Crippen LogP contribution in [0.3, 0.4) is 0 Å². The monoisotopic (exact) mass is 400 g/mol. The van der Waals surface area contributed by atoms with Gasteiger partial charge in [0.2, 0.25) is 0 Å². The number of carbonyl (C=O) groups is 2. The third-order valence-electron chi connectivity index (χ3n) is 5.25. The van der Waals surface area contributed by atoms with Gasteiger partial charge in [-0.15, -0.1) is 0 Å². The number of imide groups is 1. The maximum atomic E-state index is 13.3. The van der Waals surface area contributed by atoms with Crippen molar-refractivity contribution in [3.05, 3.63) is 41.6 Å². The van der Waals surface area contributed by atoms with E-state index in [0.29, 0.717) is 43.9 Å². The van der Waals surface area contributed by atoms with Gasteiger partial charge in [0, 0.05) is 32.8 Å². The van der Waals surface area contributed by atoms with E-state index in [1.807, 2.05) is 49.1 Å². The molecule has 2 heterocycles. The molecule has 0 aromatic heterocycles. The van der Waals surface area contributed by atoms with Crippen LogP contribution in [0.4, 0.5) is 0 Å². The van der Waals surface area contributed by atoms with Gasteiger partial charge in [0.1, 0.15) is 5.70 Å². The third-order valence-corrected chi connectivity index (χ3v) is 5.25. The van der Waals surface area contributed by atoms with Crippen LogP contribution < -0.4 is 0 Å². The Morgan fingerprint density at radius 1 is 1.00 bits per heavy atom. The van der Waals surface area contributed by atoms with Crippen molar-refractivity contribution in [3.63, 3.8) is 0 Å². The Bertz CT molecular complexity index is 737. The van der Waals surface area contributed by atoms with Crippen LogP contribution in [0.25, 0.3) is 5.57 Å². The van der Waals surface area contributed by atoms with Gasteiger partial charge in [-0.25, -0.2) is 0 Å². The molecule has 2 unspecified atom stereocenters. The van der Waals surface area contributed by atoms with Crippen LogP contribution in [0.2, 0.25) is 0 Å². The molecular formula is C23H32N2O4. The zero-order chi connectivity index (χ0) is 20.8. The van der Waals surface area contributed by atoms with E-state index in [0.717, 1.165) is 25.0 Å². The zero-order valence-electron chi connectivity index (χ0n) is 17.7. The first-order valence-corrected chi connectivity index (χ1v) is 10.7. The molecule has 3 rings (SSSR count). The normalized spacial score (nSPS) is 22.7. The Hall–Kier alpha value is -2.18. The molecule has 0 bridgehead atoms. The molecule has 29 heavy (non-hydrogen) atoms. The number of amides is 2. The highest BCUT2D eigenvalue weighted by Gasteiger charge is 2.42. The number of nitrogens with zero attached hydrogens (tertiary/aromatic N) is 2. The minimum atomic E-state index is -0.212. The number of rotatable bonds is 9. The van der Waals surface area contributed by atoms with Crippen molar-refractivity contribution < 1.29 is 19.1 Å². The standard InChI is InChI=1S/C23H32N2O4/c1-4-5-13-28-14-9-12-25-22(26)20(19-10-7-6-8-11-19)21(23(25)27)24-15-17(2)29-18(3)16-24/h6-8,10-11,17-18H,4-5,9,12-16H2,1-3H3. The second-order valence-electron chi connectivity index (χ2n) is 7.83. The van der Waals surface area contributed by atoms with Crippen LogP contribution in [0, 0.1) is 0 Å². The summed E-state index contributed by atoms with van der Waals surface area (Å²) in [7, 11) is 0. The minimum absolute atomic E-state index is 0.00666. The highest BCUT2D eigenvalue weighted by Crippen LogP contribution is 2.33. The molecule has 0 aliphatic carbocycles. The van der Waals surface area contributed by atoms with Crippen LogP contribution in [0.15, 0.2) is 36.0 Å². The highest BCUT2D eigenvalue weighted by atomic mass is 16.5. The van der Waals surface area contributed by atoms with Crippen molar-refractivity contribution in [3.8, 4) is 0 Å². The first-order valence-electron chi connectivity index (χ1n) is 10.7. The molecule has 1 saturated heterocycles. The van der Waals surface area contributed by atoms with Crippen LogP contribution in [0.5, 0.6) is 0 Å². The van der Waals surface area contributed by atoms with E-state index in [-0.39, 0.29) is 24.0 Å². The number of carbonyl (C=O) groups excluding carboxylic acids is 2. The number of unbranched alkanes of at least 4 members (excludes halogenated alkanes) is 1. The molecule has 0 N–H and O–H groups in total. The second kappa shape index (κ2) is 10.0. The van der Waals surface area contributed by atoms with E-state index in [9.17, 15) is 9.59 Å². The molecule has 2 amide bonds. The molecule has 158 valence electrons. The molecule has 0 radical (unpaired) electrons. The van der Waals surface area contributed by atoms with Gasteiger partial charge >= 0.3 is 0 Å². The van der Waals surface area contributed by atoms with Crippen molar-refractivity contribution in [2.75, 3.05) is 32.8 Å². The fraction of sp³-hybridized carbons (Fsp3) is 0.565. The second-order valence-corrected chi connectivity index (χ2v) is 7.83. The first kappa shape index (κ1) is 21.5. The number of benzene rings is 1. The summed E-state index contributed by atoms with van der Waals surface area (Å²) in [6.45, 7) is 8.97. The van der Waals surface area contributed by atoms with E-state index in [1.165, 1.54) is 4.90 Å². The highest BCUT2D eigenvalue weighted by molar-refractivity contribution is 6.35. The van der Waals surface area contributed by atoms with E-state index in [2.05, 4.69) is 6.92 Å². The van der Waals surface area contributed by atoms with Gasteiger partial charge in [0.05, 0.1) is 17.8 Å². The molecule has 2 aliphatic heterocycles. The van der Waals surface area contributed by atoms with Crippen LogP contribution in [-0.2, 0) is 19.1 Å². The van der Waals surface area contributed by atoms with Crippen molar-refractivity contribution in [2.24, 2.45) is 0 Å². The van der Waals surface area contributed by atoms with Crippen molar-refractivity contribution in [1.29, 1.82) is 0 Å². The van der Waals surface area contributed by atoms with Gasteiger partial charge in [-0.3, -0.25) is 14.5 Å². The van der Waals surface area contributed by atoms with Crippen LogP contribution in [0.1, 0.15) is 45.6 Å². The topological polar surface area (TPSA) is 59.1 Å². The van der Waals surface area contributed by atoms with E-state index in [1.54, 1.807) is 0 Å². The fourth-order valence-electron chi connectivity index (χ4n) is 3.96. The molecular weight excluding hydrogens is 368 g/mol. The lowest BCUT2D eigenvalue weighted by Crippen LogP contribution is -2.47. The molecule has 6 nitrogen and oxygen atoms in total. The molecule has 1 aromatic carbocycles. The van der Waals surface area contributed by atoms with Crippen molar-refractivity contribution in [2.45, 2.75) is 52.2 Å². The number of ether oxygens (including phenoxy) is 2. The third kappa shape index (κ3) is 5.06. The summed E-state index contributed by atoms with van der Waals surface area (Å²) in [4.78, 5) is 30.0.